The van der Waals surface area contributed by atoms with Crippen LogP contribution in [0.25, 0.3) is 22.1 Å². The molecule has 0 radical (unpaired) electrons. The first kappa shape index (κ1) is 32.3. The quantitative estimate of drug-likeness (QED) is 0.149. The molecule has 3 aromatic carbocycles. The average Bonchev–Trinajstić information content (AvgIpc) is 3.44. The fourth-order valence-corrected chi connectivity index (χ4v) is 6.40. The van der Waals surface area contributed by atoms with E-state index in [2.05, 4.69) is 39.2 Å². The number of hydrogen-bond donors (Lipinski definition) is 1. The number of methoxy groups -OCH3 is 2. The van der Waals surface area contributed by atoms with Crippen molar-refractivity contribution in [3.05, 3.63) is 82.2 Å². The van der Waals surface area contributed by atoms with Gasteiger partial charge in [0.2, 0.25) is 6.29 Å². The van der Waals surface area contributed by atoms with Crippen LogP contribution in [0.1, 0.15) is 43.1 Å². The van der Waals surface area contributed by atoms with Crippen molar-refractivity contribution in [3.8, 4) is 28.4 Å². The largest absolute Gasteiger partial charge is 0.497 e. The Morgan fingerprint density at radius 1 is 0.978 bits per heavy atom. The number of benzene rings is 3. The van der Waals surface area contributed by atoms with E-state index < -0.39 is 26.1 Å². The maximum Gasteiger partial charge on any atom is 0.360 e. The number of hydrogen-bond acceptors (Lipinski definition) is 8. The van der Waals surface area contributed by atoms with Crippen molar-refractivity contribution in [1.29, 1.82) is 0 Å². The Balaban J connectivity index is 1.32. The molecular formula is C35H41NO8Si. The smallest absolute Gasteiger partial charge is 0.360 e. The number of amides is 1. The molecule has 1 aliphatic rings. The molecule has 1 saturated heterocycles. The third-order valence-electron chi connectivity index (χ3n) is 8.64. The summed E-state index contributed by atoms with van der Waals surface area (Å²) in [6.07, 6.45) is 0.120. The van der Waals surface area contributed by atoms with E-state index in [-0.39, 0.29) is 16.8 Å². The van der Waals surface area contributed by atoms with E-state index in [0.29, 0.717) is 57.9 Å². The first-order valence-corrected chi connectivity index (χ1v) is 17.9. The number of ether oxygens (including phenoxy) is 4. The van der Waals surface area contributed by atoms with Gasteiger partial charge < -0.3 is 33.1 Å². The standard InChI is InChI=1S/C35H41NO8Si/c1-21-29(42-31-19-26(20-41-31)44-45(7,8)35(2,3)4)14-12-23-18-28(34(38)43-32(21)23)36-33(37)24-13-15-30(40-6)27(17-24)22-10-9-11-25(16-22)39-5/h9-18,26,31H,19-20H2,1-8H3,(H,36,37)/t26-,31?/m0/s1. The van der Waals surface area contributed by atoms with Crippen LogP contribution in [0.2, 0.25) is 18.1 Å². The summed E-state index contributed by atoms with van der Waals surface area (Å²) in [6, 6.07) is 17.8. The molecule has 0 aliphatic carbocycles. The number of carbonyl (C=O) groups is 1. The summed E-state index contributed by atoms with van der Waals surface area (Å²) < 4.78 is 35.2. The van der Waals surface area contributed by atoms with Crippen LogP contribution in [-0.4, -0.2) is 47.4 Å². The molecule has 1 aromatic heterocycles. The van der Waals surface area contributed by atoms with E-state index in [0.717, 1.165) is 5.56 Å². The molecule has 1 amide bonds. The van der Waals surface area contributed by atoms with Crippen LogP contribution in [0.5, 0.6) is 17.2 Å². The minimum absolute atomic E-state index is 0.0296. The Labute approximate surface area is 264 Å². The zero-order chi connectivity index (χ0) is 32.5. The SMILES string of the molecule is COc1cccc(-c2cc(C(=O)Nc3cc4ccc(OC5C[C@H](O[Si](C)(C)C(C)(C)C)CO5)c(C)c4oc3=O)ccc2OC)c1. The first-order valence-electron chi connectivity index (χ1n) is 15.0. The summed E-state index contributed by atoms with van der Waals surface area (Å²) in [5, 5.41) is 3.46. The van der Waals surface area contributed by atoms with Gasteiger partial charge in [0.05, 0.1) is 26.9 Å². The summed E-state index contributed by atoms with van der Waals surface area (Å²) in [5.74, 6) is 1.37. The van der Waals surface area contributed by atoms with E-state index >= 15 is 0 Å². The van der Waals surface area contributed by atoms with Crippen molar-refractivity contribution in [1.82, 2.24) is 0 Å². The molecule has 1 unspecified atom stereocenters. The van der Waals surface area contributed by atoms with E-state index in [4.69, 9.17) is 27.8 Å². The van der Waals surface area contributed by atoms with Gasteiger partial charge in [-0.1, -0.05) is 32.9 Å². The maximum absolute atomic E-state index is 13.3. The molecule has 1 fully saturated rings. The van der Waals surface area contributed by atoms with Crippen molar-refractivity contribution in [2.24, 2.45) is 0 Å². The molecule has 10 heteroatoms. The zero-order valence-corrected chi connectivity index (χ0v) is 28.1. The highest BCUT2D eigenvalue weighted by molar-refractivity contribution is 6.74. The predicted molar refractivity (Wildman–Crippen MR) is 177 cm³/mol. The van der Waals surface area contributed by atoms with E-state index in [1.54, 1.807) is 44.6 Å². The van der Waals surface area contributed by atoms with Gasteiger partial charge in [-0.2, -0.15) is 0 Å². The van der Waals surface area contributed by atoms with Crippen LogP contribution in [0.4, 0.5) is 5.69 Å². The number of nitrogens with one attached hydrogen (secondary N) is 1. The lowest BCUT2D eigenvalue weighted by molar-refractivity contribution is -0.0403. The van der Waals surface area contributed by atoms with Gasteiger partial charge in [-0.05, 0) is 79.2 Å². The number of aryl methyl sites for hydroxylation is 1. The lowest BCUT2D eigenvalue weighted by Gasteiger charge is -2.38. The molecule has 0 spiro atoms. The highest BCUT2D eigenvalue weighted by Gasteiger charge is 2.41. The highest BCUT2D eigenvalue weighted by Crippen LogP contribution is 2.39. The summed E-state index contributed by atoms with van der Waals surface area (Å²) in [4.78, 5) is 26.3. The summed E-state index contributed by atoms with van der Waals surface area (Å²) in [6.45, 7) is 13.4. The Kier molecular flexibility index (Phi) is 9.11. The van der Waals surface area contributed by atoms with Crippen LogP contribution >= 0.6 is 0 Å². The maximum atomic E-state index is 13.3. The fourth-order valence-electron chi connectivity index (χ4n) is 5.05. The molecule has 0 saturated carbocycles. The lowest BCUT2D eigenvalue weighted by Crippen LogP contribution is -2.44. The van der Waals surface area contributed by atoms with Gasteiger partial charge >= 0.3 is 5.63 Å². The molecule has 45 heavy (non-hydrogen) atoms. The van der Waals surface area contributed by atoms with E-state index in [1.807, 2.05) is 37.3 Å². The molecule has 238 valence electrons. The second-order valence-electron chi connectivity index (χ2n) is 12.8. The topological polar surface area (TPSA) is 105 Å². The van der Waals surface area contributed by atoms with Gasteiger partial charge in [0.25, 0.3) is 5.91 Å². The Morgan fingerprint density at radius 2 is 1.73 bits per heavy atom. The molecule has 2 atom stereocenters. The number of fused-ring (bicyclic) bond motifs is 1. The van der Waals surface area contributed by atoms with Gasteiger partial charge in [0.15, 0.2) is 8.32 Å². The summed E-state index contributed by atoms with van der Waals surface area (Å²) >= 11 is 0. The van der Waals surface area contributed by atoms with Crippen molar-refractivity contribution in [2.75, 3.05) is 26.1 Å². The molecule has 1 N–H and O–H groups in total. The minimum atomic E-state index is -1.94. The Hall–Kier alpha value is -4.12. The van der Waals surface area contributed by atoms with Gasteiger partial charge in [0.1, 0.15) is 28.5 Å². The lowest BCUT2D eigenvalue weighted by atomic mass is 10.0. The second-order valence-corrected chi connectivity index (χ2v) is 17.5. The summed E-state index contributed by atoms with van der Waals surface area (Å²) in [7, 11) is 1.23. The molecule has 9 nitrogen and oxygen atoms in total. The Morgan fingerprint density at radius 3 is 2.44 bits per heavy atom. The van der Waals surface area contributed by atoms with Crippen LogP contribution in [0.3, 0.4) is 0 Å². The third-order valence-corrected chi connectivity index (χ3v) is 13.2. The Bertz CT molecular complexity index is 1770. The van der Waals surface area contributed by atoms with Gasteiger partial charge in [-0.3, -0.25) is 4.79 Å². The molecule has 2 heterocycles. The molecule has 0 bridgehead atoms. The van der Waals surface area contributed by atoms with Crippen molar-refractivity contribution >= 4 is 30.9 Å². The molecule has 1 aliphatic heterocycles. The van der Waals surface area contributed by atoms with Crippen LogP contribution < -0.4 is 25.2 Å². The van der Waals surface area contributed by atoms with Crippen LogP contribution in [-0.2, 0) is 9.16 Å². The molecule has 4 aromatic rings. The fraction of sp³-hybridized carbons (Fsp3) is 0.371. The second kappa shape index (κ2) is 12.7. The number of carbonyl (C=O) groups excluding carboxylic acids is 1. The number of rotatable bonds is 9. The normalized spacial score (nSPS) is 16.9. The van der Waals surface area contributed by atoms with E-state index in [1.165, 1.54) is 0 Å². The predicted octanol–water partition coefficient (Wildman–Crippen LogP) is 7.55. The van der Waals surface area contributed by atoms with Crippen molar-refractivity contribution < 1.29 is 32.6 Å². The van der Waals surface area contributed by atoms with Gasteiger partial charge in [0, 0.05) is 28.5 Å². The monoisotopic (exact) mass is 631 g/mol. The first-order chi connectivity index (χ1) is 21.3. The van der Waals surface area contributed by atoms with Crippen molar-refractivity contribution in [3.63, 3.8) is 0 Å². The van der Waals surface area contributed by atoms with Crippen LogP contribution in [0, 0.1) is 6.92 Å². The van der Waals surface area contributed by atoms with Crippen molar-refractivity contribution in [2.45, 2.75) is 64.6 Å². The average molecular weight is 632 g/mol. The number of anilines is 1. The minimum Gasteiger partial charge on any atom is -0.497 e. The van der Waals surface area contributed by atoms with Gasteiger partial charge in [-0.15, -0.1) is 0 Å². The highest BCUT2D eigenvalue weighted by atomic mass is 28.4. The third kappa shape index (κ3) is 6.93. The van der Waals surface area contributed by atoms with Gasteiger partial charge in [-0.25, -0.2) is 4.79 Å². The van der Waals surface area contributed by atoms with Crippen LogP contribution in [0.15, 0.2) is 69.9 Å². The summed E-state index contributed by atoms with van der Waals surface area (Å²) in [5.41, 5.74) is 2.29. The zero-order valence-electron chi connectivity index (χ0n) is 27.1. The molecule has 5 rings (SSSR count). The van der Waals surface area contributed by atoms with E-state index in [9.17, 15) is 9.59 Å². The molecular weight excluding hydrogens is 590 g/mol.